The van der Waals surface area contributed by atoms with Crippen molar-refractivity contribution in [3.8, 4) is 11.1 Å². The molecule has 0 amide bonds. The second kappa shape index (κ2) is 3.67. The number of benzene rings is 2. The Labute approximate surface area is 102 Å². The quantitative estimate of drug-likeness (QED) is 0.560. The molecule has 0 heterocycles. The minimum absolute atomic E-state index is 0.838. The minimum atomic E-state index is 0.838. The van der Waals surface area contributed by atoms with Crippen LogP contribution in [0.1, 0.15) is 11.1 Å². The molecule has 0 saturated heterocycles. The van der Waals surface area contributed by atoms with Crippen molar-refractivity contribution in [2.45, 2.75) is 13.2 Å². The molecule has 78 valence electrons. The topological polar surface area (TPSA) is 0 Å². The van der Waals surface area contributed by atoms with Crippen LogP contribution in [0, 0.1) is 0 Å². The molecule has 0 spiro atoms. The van der Waals surface area contributed by atoms with Gasteiger partial charge in [0.05, 0.1) is 0 Å². The van der Waals surface area contributed by atoms with Gasteiger partial charge in [0.2, 0.25) is 0 Å². The van der Waals surface area contributed by atoms with Crippen LogP contribution >= 0.6 is 11.6 Å². The second-order valence-corrected chi connectivity index (χ2v) is 4.71. The molecule has 0 atom stereocenters. The highest BCUT2D eigenvalue weighted by molar-refractivity contribution is 6.53. The van der Waals surface area contributed by atoms with Crippen molar-refractivity contribution in [1.29, 1.82) is 0 Å². The third-order valence-corrected chi connectivity index (χ3v) is 3.61. The lowest BCUT2D eigenvalue weighted by molar-refractivity contribution is 1.28. The molecule has 0 unspecified atom stereocenters. The summed E-state index contributed by atoms with van der Waals surface area (Å²) in [5.74, 6) is 0. The summed E-state index contributed by atoms with van der Waals surface area (Å²) in [5.41, 5.74) is 7.07. The van der Waals surface area contributed by atoms with Gasteiger partial charge in [0.1, 0.15) is 0 Å². The fourth-order valence-electron chi connectivity index (χ4n) is 2.59. The highest BCUT2D eigenvalue weighted by atomic mass is 35.5. The van der Waals surface area contributed by atoms with Crippen molar-refractivity contribution >= 4 is 24.3 Å². The summed E-state index contributed by atoms with van der Waals surface area (Å²) in [6.45, 7) is 2.21. The molecule has 2 aromatic carbocycles. The lowest BCUT2D eigenvalue weighted by Gasteiger charge is -2.04. The van der Waals surface area contributed by atoms with Gasteiger partial charge in [-0.05, 0) is 40.8 Å². The Morgan fingerprint density at radius 1 is 1.12 bits per heavy atom. The first-order valence-corrected chi connectivity index (χ1v) is 6.07. The Hall–Kier alpha value is -1.21. The highest BCUT2D eigenvalue weighted by Gasteiger charge is 2.20. The van der Waals surface area contributed by atoms with E-state index in [9.17, 15) is 0 Å². The van der Waals surface area contributed by atoms with E-state index in [1.54, 1.807) is 0 Å². The van der Waals surface area contributed by atoms with Crippen LogP contribution in [0.3, 0.4) is 0 Å². The molecule has 0 saturated carbocycles. The first-order valence-electron chi connectivity index (χ1n) is 5.69. The van der Waals surface area contributed by atoms with Crippen molar-refractivity contribution in [2.75, 3.05) is 0 Å². The first-order chi connectivity index (χ1) is 7.79. The van der Waals surface area contributed by atoms with Crippen molar-refractivity contribution in [3.63, 3.8) is 0 Å². The van der Waals surface area contributed by atoms with Crippen molar-refractivity contribution < 1.29 is 0 Å². The molecule has 0 nitrogen and oxygen atoms in total. The molecule has 0 aromatic heterocycles. The summed E-state index contributed by atoms with van der Waals surface area (Å²) in [4.78, 5) is 0. The van der Waals surface area contributed by atoms with E-state index in [0.29, 0.717) is 0 Å². The van der Waals surface area contributed by atoms with E-state index < -0.39 is 0 Å². The first kappa shape index (κ1) is 9.98. The Kier molecular flexibility index (Phi) is 2.29. The molecule has 1 aliphatic carbocycles. The van der Waals surface area contributed by atoms with Gasteiger partial charge in [-0.1, -0.05) is 48.2 Å². The van der Waals surface area contributed by atoms with E-state index in [1.807, 2.05) is 6.07 Å². The fourth-order valence-corrected chi connectivity index (χ4v) is 2.78. The van der Waals surface area contributed by atoms with E-state index in [2.05, 4.69) is 37.2 Å². The average molecular weight is 227 g/mol. The predicted molar refractivity (Wildman–Crippen MR) is 72.3 cm³/mol. The molecule has 2 heteroatoms. The molecule has 0 aliphatic heterocycles. The van der Waals surface area contributed by atoms with E-state index in [0.717, 1.165) is 18.7 Å². The van der Waals surface area contributed by atoms with Gasteiger partial charge in [-0.3, -0.25) is 0 Å². The van der Waals surface area contributed by atoms with Gasteiger partial charge in [0.15, 0.2) is 7.28 Å². The smallest absolute Gasteiger partial charge is 0.0849 e. The highest BCUT2D eigenvalue weighted by Crippen LogP contribution is 2.36. The largest absolute Gasteiger partial charge is 0.154 e. The Bertz CT molecular complexity index is 561. The molecule has 0 fully saturated rings. The van der Waals surface area contributed by atoms with E-state index in [-0.39, 0.29) is 0 Å². The third-order valence-electron chi connectivity index (χ3n) is 3.38. The molecule has 0 bridgehead atoms. The van der Waals surface area contributed by atoms with Crippen LogP contribution in [-0.2, 0) is 6.42 Å². The van der Waals surface area contributed by atoms with Gasteiger partial charge in [-0.25, -0.2) is 0 Å². The van der Waals surface area contributed by atoms with Crippen molar-refractivity contribution in [1.82, 2.24) is 0 Å². The molecule has 0 N–H and O–H groups in total. The van der Waals surface area contributed by atoms with Crippen LogP contribution in [0.5, 0.6) is 0 Å². The number of fused-ring (bicyclic) bond motifs is 3. The normalized spacial score (nSPS) is 12.1. The van der Waals surface area contributed by atoms with Crippen LogP contribution < -0.4 is 5.46 Å². The third kappa shape index (κ3) is 1.39. The molecular formula is C14H12BCl. The summed E-state index contributed by atoms with van der Waals surface area (Å²) >= 11 is 6.04. The molecule has 0 radical (unpaired) electrons. The molecule has 16 heavy (non-hydrogen) atoms. The maximum absolute atomic E-state index is 6.04. The number of rotatable bonds is 1. The zero-order chi connectivity index (χ0) is 11.1. The molecule has 2 aromatic rings. The monoisotopic (exact) mass is 226 g/mol. The fraction of sp³-hybridized carbons (Fsp3) is 0.143. The van der Waals surface area contributed by atoms with Crippen LogP contribution in [0.2, 0.25) is 11.8 Å². The van der Waals surface area contributed by atoms with Crippen LogP contribution in [0.4, 0.5) is 0 Å². The van der Waals surface area contributed by atoms with Gasteiger partial charge >= 0.3 is 0 Å². The Morgan fingerprint density at radius 2 is 2.00 bits per heavy atom. The Balaban J connectivity index is 2.23. The van der Waals surface area contributed by atoms with Gasteiger partial charge < -0.3 is 0 Å². The van der Waals surface area contributed by atoms with Crippen molar-refractivity contribution in [2.24, 2.45) is 0 Å². The number of halogens is 1. The maximum Gasteiger partial charge on any atom is 0.154 e. The van der Waals surface area contributed by atoms with Crippen LogP contribution in [-0.4, -0.2) is 7.28 Å². The van der Waals surface area contributed by atoms with E-state index in [1.165, 1.54) is 27.7 Å². The summed E-state index contributed by atoms with van der Waals surface area (Å²) in [6.07, 6.45) is 1.04. The minimum Gasteiger partial charge on any atom is -0.0849 e. The average Bonchev–Trinajstić information content (AvgIpc) is 2.65. The van der Waals surface area contributed by atoms with Gasteiger partial charge in [0, 0.05) is 5.02 Å². The predicted octanol–water partition coefficient (Wildman–Crippen LogP) is 3.02. The number of hydrogen-bond acceptors (Lipinski definition) is 0. The van der Waals surface area contributed by atoms with Crippen molar-refractivity contribution in [3.05, 3.63) is 52.5 Å². The zero-order valence-corrected chi connectivity index (χ0v) is 10.0. The van der Waals surface area contributed by atoms with Gasteiger partial charge in [-0.15, -0.1) is 0 Å². The SMILES string of the molecule is CBc1cccc2c1Cc1cc(Cl)ccc1-2. The maximum atomic E-state index is 6.04. The second-order valence-electron chi connectivity index (χ2n) is 4.28. The summed E-state index contributed by atoms with van der Waals surface area (Å²) in [6, 6.07) is 12.8. The zero-order valence-electron chi connectivity index (χ0n) is 9.26. The standard InChI is InChI=1S/C14H12BCl/c1-15-14-4-2-3-12-11-6-5-10(16)7-9(11)8-13(12)14/h2-7,15H,8H2,1H3. The lowest BCUT2D eigenvalue weighted by Crippen LogP contribution is -2.15. The van der Waals surface area contributed by atoms with Crippen LogP contribution in [0.15, 0.2) is 36.4 Å². The summed E-state index contributed by atoms with van der Waals surface area (Å²) in [5, 5.41) is 0.838. The Morgan fingerprint density at radius 3 is 2.81 bits per heavy atom. The molecule has 1 aliphatic rings. The van der Waals surface area contributed by atoms with Crippen LogP contribution in [0.25, 0.3) is 11.1 Å². The molecule has 3 rings (SSSR count). The van der Waals surface area contributed by atoms with Gasteiger partial charge in [0.25, 0.3) is 0 Å². The molecular weight excluding hydrogens is 214 g/mol. The van der Waals surface area contributed by atoms with E-state index >= 15 is 0 Å². The number of hydrogen-bond donors (Lipinski definition) is 0. The van der Waals surface area contributed by atoms with Gasteiger partial charge in [-0.2, -0.15) is 0 Å². The lowest BCUT2D eigenvalue weighted by atomic mass is 9.70. The summed E-state index contributed by atoms with van der Waals surface area (Å²) < 4.78 is 0. The summed E-state index contributed by atoms with van der Waals surface area (Å²) in [7, 11) is 1.10. The van der Waals surface area contributed by atoms with E-state index in [4.69, 9.17) is 11.6 Å².